The van der Waals surface area contributed by atoms with Crippen molar-refractivity contribution in [2.75, 3.05) is 31.1 Å². The first-order valence-corrected chi connectivity index (χ1v) is 11.0. The van der Waals surface area contributed by atoms with Gasteiger partial charge in [0.2, 0.25) is 0 Å². The second-order valence-electron chi connectivity index (χ2n) is 8.24. The minimum atomic E-state index is 0.886. The van der Waals surface area contributed by atoms with E-state index in [0.29, 0.717) is 0 Å². The van der Waals surface area contributed by atoms with Gasteiger partial charge in [-0.3, -0.25) is 14.4 Å². The maximum Gasteiger partial charge on any atom is 0.138 e. The average Bonchev–Trinajstić information content (AvgIpc) is 3.24. The molecule has 6 nitrogen and oxygen atoms in total. The van der Waals surface area contributed by atoms with Crippen molar-refractivity contribution in [3.8, 4) is 22.6 Å². The fraction of sp³-hybridized carbons (Fsp3) is 0.192. The summed E-state index contributed by atoms with van der Waals surface area (Å²) < 4.78 is 2.15. The normalized spacial score (nSPS) is 14.3. The SMILES string of the molecule is Cc1cccc(-c2nc3ccccn3c2-c2ccc3ncc(N4CCNCC4)cc3c2)n1. The Morgan fingerprint density at radius 2 is 1.81 bits per heavy atom. The largest absolute Gasteiger partial charge is 0.368 e. The predicted molar refractivity (Wildman–Crippen MR) is 129 cm³/mol. The number of aryl methyl sites for hydroxylation is 1. The number of pyridine rings is 3. The van der Waals surface area contributed by atoms with Crippen LogP contribution in [0.25, 0.3) is 39.2 Å². The fourth-order valence-corrected chi connectivity index (χ4v) is 4.49. The van der Waals surface area contributed by atoms with Crippen LogP contribution in [0.2, 0.25) is 0 Å². The smallest absolute Gasteiger partial charge is 0.138 e. The third-order valence-electron chi connectivity index (χ3n) is 6.08. The van der Waals surface area contributed by atoms with Crippen LogP contribution in [0, 0.1) is 6.92 Å². The summed E-state index contributed by atoms with van der Waals surface area (Å²) in [6, 6.07) is 20.9. The minimum Gasteiger partial charge on any atom is -0.368 e. The Morgan fingerprint density at radius 1 is 0.906 bits per heavy atom. The van der Waals surface area contributed by atoms with Gasteiger partial charge in [0.05, 0.1) is 28.8 Å². The van der Waals surface area contributed by atoms with Crippen LogP contribution in [0.4, 0.5) is 5.69 Å². The number of nitrogens with zero attached hydrogens (tertiary/aromatic N) is 5. The highest BCUT2D eigenvalue weighted by Crippen LogP contribution is 2.34. The molecule has 4 aromatic heterocycles. The van der Waals surface area contributed by atoms with Gasteiger partial charge < -0.3 is 10.2 Å². The molecule has 1 fully saturated rings. The van der Waals surface area contributed by atoms with Crippen LogP contribution in [-0.2, 0) is 0 Å². The number of anilines is 1. The fourth-order valence-electron chi connectivity index (χ4n) is 4.49. The molecule has 5 heterocycles. The van der Waals surface area contributed by atoms with Gasteiger partial charge >= 0.3 is 0 Å². The summed E-state index contributed by atoms with van der Waals surface area (Å²) in [4.78, 5) is 16.8. The molecule has 1 N–H and O–H groups in total. The zero-order valence-electron chi connectivity index (χ0n) is 18.0. The van der Waals surface area contributed by atoms with Crippen LogP contribution in [-0.4, -0.2) is 45.5 Å². The third kappa shape index (κ3) is 3.29. The third-order valence-corrected chi connectivity index (χ3v) is 6.08. The second-order valence-corrected chi connectivity index (χ2v) is 8.24. The van der Waals surface area contributed by atoms with Crippen molar-refractivity contribution in [3.63, 3.8) is 0 Å². The summed E-state index contributed by atoms with van der Waals surface area (Å²) in [6.45, 7) is 6.03. The summed E-state index contributed by atoms with van der Waals surface area (Å²) in [6.07, 6.45) is 4.06. The van der Waals surface area contributed by atoms with E-state index in [2.05, 4.69) is 45.1 Å². The van der Waals surface area contributed by atoms with E-state index >= 15 is 0 Å². The second kappa shape index (κ2) is 7.73. The van der Waals surface area contributed by atoms with E-state index in [-0.39, 0.29) is 0 Å². The van der Waals surface area contributed by atoms with Crippen molar-refractivity contribution < 1.29 is 0 Å². The van der Waals surface area contributed by atoms with Crippen molar-refractivity contribution in [1.82, 2.24) is 24.7 Å². The lowest BCUT2D eigenvalue weighted by Crippen LogP contribution is -2.43. The summed E-state index contributed by atoms with van der Waals surface area (Å²) in [7, 11) is 0. The van der Waals surface area contributed by atoms with E-state index in [1.165, 1.54) is 5.69 Å². The molecule has 5 aromatic rings. The number of imidazole rings is 1. The van der Waals surface area contributed by atoms with E-state index in [1.54, 1.807) is 0 Å². The first kappa shape index (κ1) is 19.0. The highest BCUT2D eigenvalue weighted by Gasteiger charge is 2.18. The van der Waals surface area contributed by atoms with E-state index in [9.17, 15) is 0 Å². The number of aromatic nitrogens is 4. The summed E-state index contributed by atoms with van der Waals surface area (Å²) in [5, 5.41) is 4.55. The van der Waals surface area contributed by atoms with Crippen molar-refractivity contribution in [1.29, 1.82) is 0 Å². The Balaban J connectivity index is 1.53. The molecule has 6 rings (SSSR count). The van der Waals surface area contributed by atoms with Crippen LogP contribution in [0.3, 0.4) is 0 Å². The molecule has 0 unspecified atom stereocenters. The summed E-state index contributed by atoms with van der Waals surface area (Å²) >= 11 is 0. The summed E-state index contributed by atoms with van der Waals surface area (Å²) in [5.41, 5.74) is 8.00. The van der Waals surface area contributed by atoms with Gasteiger partial charge in [-0.15, -0.1) is 0 Å². The zero-order valence-corrected chi connectivity index (χ0v) is 18.0. The molecule has 0 radical (unpaired) electrons. The van der Waals surface area contributed by atoms with E-state index < -0.39 is 0 Å². The number of hydrogen-bond donors (Lipinski definition) is 1. The molecule has 32 heavy (non-hydrogen) atoms. The van der Waals surface area contributed by atoms with Crippen LogP contribution >= 0.6 is 0 Å². The van der Waals surface area contributed by atoms with Gasteiger partial charge in [0, 0.05) is 49.0 Å². The number of piperazine rings is 1. The van der Waals surface area contributed by atoms with Gasteiger partial charge in [-0.25, -0.2) is 4.98 Å². The zero-order chi connectivity index (χ0) is 21.5. The van der Waals surface area contributed by atoms with Crippen LogP contribution in [0.1, 0.15) is 5.69 Å². The number of benzene rings is 1. The molecule has 0 amide bonds. The van der Waals surface area contributed by atoms with E-state index in [1.807, 2.05) is 49.5 Å². The molecule has 0 aliphatic carbocycles. The van der Waals surface area contributed by atoms with Crippen LogP contribution in [0.15, 0.2) is 73.1 Å². The first-order valence-electron chi connectivity index (χ1n) is 11.0. The van der Waals surface area contributed by atoms with Crippen molar-refractivity contribution >= 4 is 22.2 Å². The van der Waals surface area contributed by atoms with Gasteiger partial charge in [0.25, 0.3) is 0 Å². The standard InChI is InChI=1S/C26H24N6/c1-18-5-4-6-23(29-18)25-26(32-12-3-2-7-24(32)30-25)19-8-9-22-20(15-19)16-21(17-28-22)31-13-10-27-11-14-31/h2-9,12,15-17,27H,10-11,13-14H2,1H3. The molecule has 158 valence electrons. The van der Waals surface area contributed by atoms with Gasteiger partial charge in [-0.2, -0.15) is 0 Å². The lowest BCUT2D eigenvalue weighted by atomic mass is 10.0. The molecular formula is C26H24N6. The number of hydrogen-bond acceptors (Lipinski definition) is 5. The number of rotatable bonds is 3. The topological polar surface area (TPSA) is 58.4 Å². The van der Waals surface area contributed by atoms with Gasteiger partial charge in [-0.05, 0) is 49.4 Å². The molecule has 6 heteroatoms. The average molecular weight is 421 g/mol. The predicted octanol–water partition coefficient (Wildman–Crippen LogP) is 4.33. The van der Waals surface area contributed by atoms with Crippen molar-refractivity contribution in [2.45, 2.75) is 6.92 Å². The van der Waals surface area contributed by atoms with Crippen LogP contribution in [0.5, 0.6) is 0 Å². The van der Waals surface area contributed by atoms with Gasteiger partial charge in [-0.1, -0.05) is 18.2 Å². The molecule has 1 aromatic carbocycles. The molecule has 0 spiro atoms. The number of nitrogens with one attached hydrogen (secondary N) is 1. The maximum absolute atomic E-state index is 4.94. The van der Waals surface area contributed by atoms with E-state index in [0.717, 1.165) is 71.1 Å². The molecule has 1 saturated heterocycles. The quantitative estimate of drug-likeness (QED) is 0.471. The molecule has 0 saturated carbocycles. The minimum absolute atomic E-state index is 0.886. The Kier molecular flexibility index (Phi) is 4.58. The maximum atomic E-state index is 4.94. The molecule has 0 bridgehead atoms. The van der Waals surface area contributed by atoms with Crippen LogP contribution < -0.4 is 10.2 Å². The van der Waals surface area contributed by atoms with Gasteiger partial charge in [0.15, 0.2) is 0 Å². The summed E-state index contributed by atoms with van der Waals surface area (Å²) in [5.74, 6) is 0. The van der Waals surface area contributed by atoms with Crippen molar-refractivity contribution in [2.24, 2.45) is 0 Å². The van der Waals surface area contributed by atoms with Gasteiger partial charge in [0.1, 0.15) is 11.3 Å². The lowest BCUT2D eigenvalue weighted by molar-refractivity contribution is 0.589. The Labute approximate surface area is 186 Å². The molecule has 0 atom stereocenters. The number of fused-ring (bicyclic) bond motifs is 2. The Bertz CT molecular complexity index is 1430. The Hall–Kier alpha value is -3.77. The van der Waals surface area contributed by atoms with E-state index in [4.69, 9.17) is 15.0 Å². The highest BCUT2D eigenvalue weighted by molar-refractivity contribution is 5.89. The Morgan fingerprint density at radius 3 is 2.69 bits per heavy atom. The molecular weight excluding hydrogens is 396 g/mol. The van der Waals surface area contributed by atoms with Crippen molar-refractivity contribution in [3.05, 3.63) is 78.8 Å². The monoisotopic (exact) mass is 420 g/mol. The first-order chi connectivity index (χ1) is 15.8. The molecule has 1 aliphatic rings. The molecule has 1 aliphatic heterocycles. The highest BCUT2D eigenvalue weighted by atomic mass is 15.2. The lowest BCUT2D eigenvalue weighted by Gasteiger charge is -2.29.